The van der Waals surface area contributed by atoms with Crippen LogP contribution in [0.25, 0.3) is 0 Å². The molecule has 2 aliphatic rings. The maximum atomic E-state index is 12.9. The zero-order valence-corrected chi connectivity index (χ0v) is 17.6. The average Bonchev–Trinajstić information content (AvgIpc) is 2.63. The van der Waals surface area contributed by atoms with Crippen molar-refractivity contribution in [3.05, 3.63) is 0 Å². The Bertz CT molecular complexity index is 436. The molecule has 2 rings (SSSR count). The SMILES string of the molecule is CCN(CC)C(=O)CN1CCN(C(=O)C2(CN)CCOCC2)CC1.Cl.Cl. The molecule has 154 valence electrons. The Morgan fingerprint density at radius 2 is 1.58 bits per heavy atom. The van der Waals surface area contributed by atoms with Crippen LogP contribution >= 0.6 is 24.8 Å². The van der Waals surface area contributed by atoms with Gasteiger partial charge in [-0.2, -0.15) is 0 Å². The van der Waals surface area contributed by atoms with E-state index < -0.39 is 5.41 Å². The largest absolute Gasteiger partial charge is 0.381 e. The van der Waals surface area contributed by atoms with E-state index in [0.29, 0.717) is 52.2 Å². The average molecular weight is 413 g/mol. The number of nitrogens with zero attached hydrogens (tertiary/aromatic N) is 3. The molecule has 0 unspecified atom stereocenters. The van der Waals surface area contributed by atoms with E-state index in [2.05, 4.69) is 4.90 Å². The summed E-state index contributed by atoms with van der Waals surface area (Å²) in [6, 6.07) is 0. The molecule has 2 aliphatic heterocycles. The quantitative estimate of drug-likeness (QED) is 0.690. The maximum absolute atomic E-state index is 12.9. The second-order valence-corrected chi connectivity index (χ2v) is 6.73. The van der Waals surface area contributed by atoms with E-state index >= 15 is 0 Å². The third kappa shape index (κ3) is 5.96. The van der Waals surface area contributed by atoms with Crippen molar-refractivity contribution >= 4 is 36.6 Å². The number of nitrogens with two attached hydrogens (primary N) is 1. The lowest BCUT2D eigenvalue weighted by Crippen LogP contribution is -2.57. The van der Waals surface area contributed by atoms with Crippen LogP contribution in [0.4, 0.5) is 0 Å². The molecule has 0 aromatic carbocycles. The molecule has 0 aromatic rings. The molecule has 0 spiro atoms. The van der Waals surface area contributed by atoms with Crippen LogP contribution in [0.3, 0.4) is 0 Å². The van der Waals surface area contributed by atoms with E-state index in [0.717, 1.165) is 26.2 Å². The first-order chi connectivity index (χ1) is 11.6. The number of ether oxygens (including phenoxy) is 1. The van der Waals surface area contributed by atoms with Crippen molar-refractivity contribution in [2.24, 2.45) is 11.1 Å². The van der Waals surface area contributed by atoms with Crippen LogP contribution in [0.5, 0.6) is 0 Å². The summed E-state index contributed by atoms with van der Waals surface area (Å²) in [5, 5.41) is 0. The fourth-order valence-corrected chi connectivity index (χ4v) is 3.58. The van der Waals surface area contributed by atoms with E-state index in [1.165, 1.54) is 0 Å². The number of carbonyl (C=O) groups is 2. The van der Waals surface area contributed by atoms with Crippen molar-refractivity contribution in [1.82, 2.24) is 14.7 Å². The van der Waals surface area contributed by atoms with Gasteiger partial charge in [0.2, 0.25) is 11.8 Å². The van der Waals surface area contributed by atoms with Crippen LogP contribution < -0.4 is 5.73 Å². The Balaban J connectivity index is 0.00000312. The molecule has 2 amide bonds. The van der Waals surface area contributed by atoms with E-state index in [1.54, 1.807) is 0 Å². The van der Waals surface area contributed by atoms with Gasteiger partial charge in [-0.05, 0) is 26.7 Å². The summed E-state index contributed by atoms with van der Waals surface area (Å²) in [5.41, 5.74) is 5.49. The van der Waals surface area contributed by atoms with Crippen LogP contribution in [0.15, 0.2) is 0 Å². The summed E-state index contributed by atoms with van der Waals surface area (Å²) in [5.74, 6) is 0.339. The van der Waals surface area contributed by atoms with Gasteiger partial charge in [0, 0.05) is 59.0 Å². The number of amides is 2. The number of piperazine rings is 1. The lowest BCUT2D eigenvalue weighted by molar-refractivity contribution is -0.149. The second kappa shape index (κ2) is 12.0. The first-order valence-electron chi connectivity index (χ1n) is 9.13. The number of rotatable bonds is 6. The molecule has 0 radical (unpaired) electrons. The molecule has 0 bridgehead atoms. The summed E-state index contributed by atoms with van der Waals surface area (Å²) in [4.78, 5) is 31.1. The lowest BCUT2D eigenvalue weighted by atomic mass is 9.78. The first kappa shape index (κ1) is 25.4. The van der Waals surface area contributed by atoms with Crippen molar-refractivity contribution < 1.29 is 14.3 Å². The van der Waals surface area contributed by atoms with Gasteiger partial charge in [0.25, 0.3) is 0 Å². The molecular weight excluding hydrogens is 379 g/mol. The zero-order valence-electron chi connectivity index (χ0n) is 15.9. The van der Waals surface area contributed by atoms with Crippen LogP contribution in [0, 0.1) is 5.41 Å². The molecule has 2 heterocycles. The molecular formula is C17H34Cl2N4O3. The third-order valence-electron chi connectivity index (χ3n) is 5.43. The maximum Gasteiger partial charge on any atom is 0.236 e. The van der Waals surface area contributed by atoms with Gasteiger partial charge in [0.15, 0.2) is 0 Å². The minimum absolute atomic E-state index is 0. The number of carbonyl (C=O) groups excluding carboxylic acids is 2. The van der Waals surface area contributed by atoms with Crippen molar-refractivity contribution in [3.8, 4) is 0 Å². The summed E-state index contributed by atoms with van der Waals surface area (Å²) < 4.78 is 5.39. The minimum Gasteiger partial charge on any atom is -0.381 e. The van der Waals surface area contributed by atoms with Crippen molar-refractivity contribution in [3.63, 3.8) is 0 Å². The molecule has 2 N–H and O–H groups in total. The highest BCUT2D eigenvalue weighted by atomic mass is 35.5. The van der Waals surface area contributed by atoms with Crippen molar-refractivity contribution in [1.29, 1.82) is 0 Å². The Labute approximate surface area is 169 Å². The summed E-state index contributed by atoms with van der Waals surface area (Å²) in [7, 11) is 0. The molecule has 0 aromatic heterocycles. The van der Waals surface area contributed by atoms with Gasteiger partial charge >= 0.3 is 0 Å². The molecule has 7 nitrogen and oxygen atoms in total. The highest BCUT2D eigenvalue weighted by Crippen LogP contribution is 2.32. The van der Waals surface area contributed by atoms with Gasteiger partial charge in [0.05, 0.1) is 12.0 Å². The smallest absolute Gasteiger partial charge is 0.236 e. The van der Waals surface area contributed by atoms with Crippen molar-refractivity contribution in [2.75, 3.05) is 65.6 Å². The topological polar surface area (TPSA) is 79.1 Å². The van der Waals surface area contributed by atoms with Crippen LogP contribution in [-0.2, 0) is 14.3 Å². The van der Waals surface area contributed by atoms with Crippen LogP contribution in [-0.4, -0.2) is 92.1 Å². The monoisotopic (exact) mass is 412 g/mol. The standard InChI is InChI=1S/C17H32N4O3.2ClH/c1-3-20(4-2)15(22)13-19-7-9-21(10-8-19)16(23)17(14-18)5-11-24-12-6-17;;/h3-14,18H2,1-2H3;2*1H. The van der Waals surface area contributed by atoms with Crippen LogP contribution in [0.1, 0.15) is 26.7 Å². The molecule has 0 aliphatic carbocycles. The minimum atomic E-state index is -0.447. The molecule has 26 heavy (non-hydrogen) atoms. The highest BCUT2D eigenvalue weighted by molar-refractivity contribution is 5.85. The predicted molar refractivity (Wildman–Crippen MR) is 107 cm³/mol. The Morgan fingerprint density at radius 3 is 2.04 bits per heavy atom. The molecule has 9 heteroatoms. The molecule has 2 fully saturated rings. The fourth-order valence-electron chi connectivity index (χ4n) is 3.58. The van der Waals surface area contributed by atoms with E-state index in [4.69, 9.17) is 10.5 Å². The number of hydrogen-bond donors (Lipinski definition) is 1. The predicted octanol–water partition coefficient (Wildman–Crippen LogP) is 0.598. The number of halogens is 2. The third-order valence-corrected chi connectivity index (χ3v) is 5.43. The van der Waals surface area contributed by atoms with E-state index in [1.807, 2.05) is 23.6 Å². The fraction of sp³-hybridized carbons (Fsp3) is 0.882. The number of hydrogen-bond acceptors (Lipinski definition) is 5. The van der Waals surface area contributed by atoms with Crippen LogP contribution in [0.2, 0.25) is 0 Å². The van der Waals surface area contributed by atoms with Gasteiger partial charge in [-0.25, -0.2) is 0 Å². The molecule has 0 atom stereocenters. The number of likely N-dealkylation sites (N-methyl/N-ethyl adjacent to an activating group) is 1. The van der Waals surface area contributed by atoms with Crippen molar-refractivity contribution in [2.45, 2.75) is 26.7 Å². The van der Waals surface area contributed by atoms with Gasteiger partial charge in [-0.3, -0.25) is 14.5 Å². The Hall–Kier alpha value is -0.600. The second-order valence-electron chi connectivity index (χ2n) is 6.73. The van der Waals surface area contributed by atoms with Gasteiger partial charge in [-0.15, -0.1) is 24.8 Å². The van der Waals surface area contributed by atoms with Gasteiger partial charge in [0.1, 0.15) is 0 Å². The normalized spacial score (nSPS) is 19.9. The first-order valence-corrected chi connectivity index (χ1v) is 9.13. The summed E-state index contributed by atoms with van der Waals surface area (Å²) >= 11 is 0. The van der Waals surface area contributed by atoms with Gasteiger partial charge < -0.3 is 20.3 Å². The zero-order chi connectivity index (χ0) is 17.6. The Morgan fingerprint density at radius 1 is 1.04 bits per heavy atom. The highest BCUT2D eigenvalue weighted by Gasteiger charge is 2.42. The van der Waals surface area contributed by atoms with E-state index in [-0.39, 0.29) is 36.6 Å². The summed E-state index contributed by atoms with van der Waals surface area (Å²) in [6.07, 6.45) is 1.42. The van der Waals surface area contributed by atoms with E-state index in [9.17, 15) is 9.59 Å². The van der Waals surface area contributed by atoms with Gasteiger partial charge in [-0.1, -0.05) is 0 Å². The Kier molecular flexibility index (Phi) is 11.7. The molecule has 2 saturated heterocycles. The summed E-state index contributed by atoms with van der Waals surface area (Å²) in [6.45, 7) is 10.4. The molecule has 0 saturated carbocycles. The lowest BCUT2D eigenvalue weighted by Gasteiger charge is -2.42.